The molecule has 0 fully saturated rings. The number of rotatable bonds is 4. The normalized spacial score (nSPS) is 17.1. The van der Waals surface area contributed by atoms with Crippen molar-refractivity contribution in [2.45, 2.75) is 40.0 Å². The Morgan fingerprint density at radius 3 is 2.78 bits per heavy atom. The SMILES string of the molecule is CC(C)(C)[C@H]1CCc2c(sc(N=Cc3cccc([N+](=O)[O-])c3)c2C(N)=O)C1. The van der Waals surface area contributed by atoms with Crippen LogP contribution in [-0.2, 0) is 12.8 Å². The number of fused-ring (bicyclic) bond motifs is 1. The molecule has 1 atom stereocenters. The molecule has 2 aromatic rings. The topological polar surface area (TPSA) is 98.6 Å². The van der Waals surface area contributed by atoms with Crippen LogP contribution >= 0.6 is 11.3 Å². The van der Waals surface area contributed by atoms with E-state index in [1.54, 1.807) is 18.3 Å². The Kier molecular flexibility index (Phi) is 5.15. The highest BCUT2D eigenvalue weighted by molar-refractivity contribution is 7.16. The van der Waals surface area contributed by atoms with E-state index in [0.29, 0.717) is 22.0 Å². The number of aliphatic imine (C=N–C) groups is 1. The van der Waals surface area contributed by atoms with Gasteiger partial charge >= 0.3 is 0 Å². The number of nitrogens with zero attached hydrogens (tertiary/aromatic N) is 2. The monoisotopic (exact) mass is 385 g/mol. The van der Waals surface area contributed by atoms with Crippen LogP contribution in [0.5, 0.6) is 0 Å². The molecule has 1 amide bonds. The lowest BCUT2D eigenvalue weighted by atomic mass is 9.72. The Bertz CT molecular complexity index is 925. The molecule has 3 rings (SSSR count). The average molecular weight is 385 g/mol. The van der Waals surface area contributed by atoms with Crippen molar-refractivity contribution in [2.24, 2.45) is 22.1 Å². The molecule has 27 heavy (non-hydrogen) atoms. The summed E-state index contributed by atoms with van der Waals surface area (Å²) in [7, 11) is 0. The summed E-state index contributed by atoms with van der Waals surface area (Å²) in [5.41, 5.74) is 8.00. The fourth-order valence-electron chi connectivity index (χ4n) is 3.51. The van der Waals surface area contributed by atoms with E-state index in [1.165, 1.54) is 28.3 Å². The first-order chi connectivity index (χ1) is 12.7. The first kappa shape index (κ1) is 19.2. The van der Waals surface area contributed by atoms with Crippen LogP contribution in [0.1, 0.15) is 53.6 Å². The fraction of sp³-hybridized carbons (Fsp3) is 0.400. The number of nitro benzene ring substituents is 1. The smallest absolute Gasteiger partial charge is 0.270 e. The number of carbonyl (C=O) groups excluding carboxylic acids is 1. The lowest BCUT2D eigenvalue weighted by molar-refractivity contribution is -0.384. The number of amides is 1. The van der Waals surface area contributed by atoms with Gasteiger partial charge in [0, 0.05) is 23.2 Å². The fourth-order valence-corrected chi connectivity index (χ4v) is 4.78. The summed E-state index contributed by atoms with van der Waals surface area (Å²) < 4.78 is 0. The standard InChI is InChI=1S/C20H23N3O3S/c1-20(2,3)13-7-8-15-16(10-13)27-19(17(15)18(21)24)22-11-12-5-4-6-14(9-12)23(25)26/h4-6,9,11,13H,7-8,10H2,1-3H3,(H2,21,24)/t13-/m0/s1. The Morgan fingerprint density at radius 2 is 2.15 bits per heavy atom. The van der Waals surface area contributed by atoms with Crippen LogP contribution in [0, 0.1) is 21.4 Å². The maximum atomic E-state index is 12.1. The van der Waals surface area contributed by atoms with Crippen molar-refractivity contribution in [1.82, 2.24) is 0 Å². The van der Waals surface area contributed by atoms with E-state index < -0.39 is 10.8 Å². The van der Waals surface area contributed by atoms with Gasteiger partial charge in [-0.3, -0.25) is 14.9 Å². The van der Waals surface area contributed by atoms with Gasteiger partial charge in [-0.25, -0.2) is 4.99 Å². The number of primary amides is 1. The summed E-state index contributed by atoms with van der Waals surface area (Å²) in [5, 5.41) is 11.5. The molecule has 0 saturated heterocycles. The number of nitrogens with two attached hydrogens (primary N) is 1. The third kappa shape index (κ3) is 4.08. The van der Waals surface area contributed by atoms with Crippen molar-refractivity contribution in [1.29, 1.82) is 0 Å². The number of nitro groups is 1. The summed E-state index contributed by atoms with van der Waals surface area (Å²) >= 11 is 1.51. The Balaban J connectivity index is 1.95. The van der Waals surface area contributed by atoms with Gasteiger partial charge in [-0.05, 0) is 41.7 Å². The third-order valence-corrected chi connectivity index (χ3v) is 6.29. The number of thiophene rings is 1. The number of hydrogen-bond donors (Lipinski definition) is 1. The Morgan fingerprint density at radius 1 is 1.41 bits per heavy atom. The molecule has 0 spiro atoms. The second kappa shape index (κ2) is 7.23. The maximum Gasteiger partial charge on any atom is 0.270 e. The van der Waals surface area contributed by atoms with Gasteiger partial charge in [-0.15, -0.1) is 11.3 Å². The van der Waals surface area contributed by atoms with Gasteiger partial charge in [0.05, 0.1) is 10.5 Å². The van der Waals surface area contributed by atoms with Gasteiger partial charge in [0.1, 0.15) is 5.00 Å². The molecule has 1 aromatic carbocycles. The van der Waals surface area contributed by atoms with Crippen molar-refractivity contribution >= 4 is 34.1 Å². The molecular weight excluding hydrogens is 362 g/mol. The molecule has 142 valence electrons. The summed E-state index contributed by atoms with van der Waals surface area (Å²) in [6.45, 7) is 6.73. The van der Waals surface area contributed by atoms with Crippen molar-refractivity contribution < 1.29 is 9.72 Å². The number of carbonyl (C=O) groups is 1. The van der Waals surface area contributed by atoms with Crippen LogP contribution in [-0.4, -0.2) is 17.0 Å². The Hall–Kier alpha value is -2.54. The number of non-ortho nitro benzene ring substituents is 1. The van der Waals surface area contributed by atoms with E-state index in [-0.39, 0.29) is 11.1 Å². The molecule has 6 nitrogen and oxygen atoms in total. The predicted octanol–water partition coefficient (Wildman–Crippen LogP) is 4.66. The van der Waals surface area contributed by atoms with E-state index in [9.17, 15) is 14.9 Å². The molecule has 1 aliphatic rings. The van der Waals surface area contributed by atoms with Gasteiger partial charge in [0.15, 0.2) is 0 Å². The van der Waals surface area contributed by atoms with Gasteiger partial charge in [-0.2, -0.15) is 0 Å². The summed E-state index contributed by atoms with van der Waals surface area (Å²) in [5.74, 6) is 0.0888. The number of benzene rings is 1. The maximum absolute atomic E-state index is 12.1. The van der Waals surface area contributed by atoms with Gasteiger partial charge in [-0.1, -0.05) is 32.9 Å². The van der Waals surface area contributed by atoms with E-state index in [2.05, 4.69) is 25.8 Å². The molecule has 1 aromatic heterocycles. The molecule has 0 aliphatic heterocycles. The lowest BCUT2D eigenvalue weighted by Gasteiger charge is -2.33. The quantitative estimate of drug-likeness (QED) is 0.471. The molecule has 2 N–H and O–H groups in total. The first-order valence-corrected chi connectivity index (χ1v) is 9.71. The second-order valence-corrected chi connectivity index (χ2v) is 9.05. The zero-order valence-electron chi connectivity index (χ0n) is 15.7. The lowest BCUT2D eigenvalue weighted by Crippen LogP contribution is -2.27. The van der Waals surface area contributed by atoms with Crippen molar-refractivity contribution in [2.75, 3.05) is 0 Å². The largest absolute Gasteiger partial charge is 0.365 e. The van der Waals surface area contributed by atoms with E-state index in [1.807, 2.05) is 0 Å². The van der Waals surface area contributed by atoms with Gasteiger partial charge < -0.3 is 5.73 Å². The molecule has 1 aliphatic carbocycles. The second-order valence-electron chi connectivity index (χ2n) is 7.96. The minimum absolute atomic E-state index is 0.00701. The highest BCUT2D eigenvalue weighted by Crippen LogP contribution is 2.45. The van der Waals surface area contributed by atoms with Crippen LogP contribution in [0.2, 0.25) is 0 Å². The number of hydrogen-bond acceptors (Lipinski definition) is 5. The van der Waals surface area contributed by atoms with Crippen LogP contribution in [0.25, 0.3) is 0 Å². The van der Waals surface area contributed by atoms with Gasteiger partial charge in [0.25, 0.3) is 11.6 Å². The Labute approximate surface area is 162 Å². The zero-order chi connectivity index (χ0) is 19.8. The average Bonchev–Trinajstić information content (AvgIpc) is 2.97. The van der Waals surface area contributed by atoms with Gasteiger partial charge in [0.2, 0.25) is 0 Å². The summed E-state index contributed by atoms with van der Waals surface area (Å²) in [6.07, 6.45) is 4.34. The van der Waals surface area contributed by atoms with Crippen LogP contribution < -0.4 is 5.73 Å². The van der Waals surface area contributed by atoms with Crippen molar-refractivity contribution in [3.63, 3.8) is 0 Å². The molecule has 0 unspecified atom stereocenters. The first-order valence-electron chi connectivity index (χ1n) is 8.89. The van der Waals surface area contributed by atoms with Crippen LogP contribution in [0.15, 0.2) is 29.3 Å². The molecule has 1 heterocycles. The summed E-state index contributed by atoms with van der Waals surface area (Å²) in [6, 6.07) is 6.24. The minimum Gasteiger partial charge on any atom is -0.365 e. The van der Waals surface area contributed by atoms with Crippen molar-refractivity contribution in [3.8, 4) is 0 Å². The predicted molar refractivity (Wildman–Crippen MR) is 108 cm³/mol. The van der Waals surface area contributed by atoms with E-state index in [0.717, 1.165) is 24.8 Å². The van der Waals surface area contributed by atoms with E-state index in [4.69, 9.17) is 5.73 Å². The molecule has 0 bridgehead atoms. The van der Waals surface area contributed by atoms with Crippen molar-refractivity contribution in [3.05, 3.63) is 55.9 Å². The summed E-state index contributed by atoms with van der Waals surface area (Å²) in [4.78, 5) is 28.2. The van der Waals surface area contributed by atoms with Crippen LogP contribution in [0.3, 0.4) is 0 Å². The highest BCUT2D eigenvalue weighted by atomic mass is 32.1. The van der Waals surface area contributed by atoms with Crippen LogP contribution in [0.4, 0.5) is 10.7 Å². The molecule has 7 heteroatoms. The molecule has 0 radical (unpaired) electrons. The molecular formula is C20H23N3O3S. The third-order valence-electron chi connectivity index (χ3n) is 5.13. The minimum atomic E-state index is -0.465. The zero-order valence-corrected chi connectivity index (χ0v) is 16.5. The highest BCUT2D eigenvalue weighted by Gasteiger charge is 2.33. The van der Waals surface area contributed by atoms with E-state index >= 15 is 0 Å². The molecule has 0 saturated carbocycles.